The fraction of sp³-hybridized carbons (Fsp3) is 0.533. The SMILES string of the molecule is CCOc1cccc(N)c1C(=O)N(CCCO)C(C)C. The molecule has 0 bridgehead atoms. The minimum absolute atomic E-state index is 0.0307. The average Bonchev–Trinajstić information content (AvgIpc) is 2.39. The number of nitrogens with two attached hydrogens (primary N) is 1. The van der Waals surface area contributed by atoms with Gasteiger partial charge >= 0.3 is 0 Å². The topological polar surface area (TPSA) is 75.8 Å². The molecule has 0 saturated carbocycles. The van der Waals surface area contributed by atoms with Crippen LogP contribution in [0.1, 0.15) is 37.6 Å². The molecule has 1 aromatic rings. The highest BCUT2D eigenvalue weighted by Crippen LogP contribution is 2.26. The van der Waals surface area contributed by atoms with Crippen LogP contribution in [-0.4, -0.2) is 41.7 Å². The highest BCUT2D eigenvalue weighted by atomic mass is 16.5. The molecule has 0 fully saturated rings. The number of amides is 1. The van der Waals surface area contributed by atoms with Gasteiger partial charge in [0.05, 0.1) is 6.61 Å². The van der Waals surface area contributed by atoms with Gasteiger partial charge in [0, 0.05) is 24.9 Å². The number of carbonyl (C=O) groups excluding carboxylic acids is 1. The second-order valence-corrected chi connectivity index (χ2v) is 4.82. The zero-order valence-electron chi connectivity index (χ0n) is 12.4. The highest BCUT2D eigenvalue weighted by molar-refractivity contribution is 6.02. The van der Waals surface area contributed by atoms with E-state index in [1.807, 2.05) is 20.8 Å². The van der Waals surface area contributed by atoms with E-state index < -0.39 is 0 Å². The van der Waals surface area contributed by atoms with Crippen LogP contribution in [0, 0.1) is 0 Å². The smallest absolute Gasteiger partial charge is 0.259 e. The number of aliphatic hydroxyl groups is 1. The Labute approximate surface area is 120 Å². The number of rotatable bonds is 7. The van der Waals surface area contributed by atoms with Crippen molar-refractivity contribution in [3.8, 4) is 5.75 Å². The maximum Gasteiger partial charge on any atom is 0.259 e. The van der Waals surface area contributed by atoms with Gasteiger partial charge in [0.15, 0.2) is 0 Å². The lowest BCUT2D eigenvalue weighted by Crippen LogP contribution is -2.38. The number of benzene rings is 1. The quantitative estimate of drug-likeness (QED) is 0.748. The summed E-state index contributed by atoms with van der Waals surface area (Å²) in [7, 11) is 0. The average molecular weight is 280 g/mol. The summed E-state index contributed by atoms with van der Waals surface area (Å²) in [5, 5.41) is 8.96. The minimum Gasteiger partial charge on any atom is -0.493 e. The highest BCUT2D eigenvalue weighted by Gasteiger charge is 2.23. The van der Waals surface area contributed by atoms with Crippen LogP contribution in [0.2, 0.25) is 0 Å². The Morgan fingerprint density at radius 1 is 1.45 bits per heavy atom. The van der Waals surface area contributed by atoms with Crippen LogP contribution < -0.4 is 10.5 Å². The molecule has 0 unspecified atom stereocenters. The molecule has 0 aliphatic heterocycles. The van der Waals surface area contributed by atoms with Crippen molar-refractivity contribution < 1.29 is 14.6 Å². The van der Waals surface area contributed by atoms with Gasteiger partial charge in [0.2, 0.25) is 0 Å². The number of nitrogen functional groups attached to an aromatic ring is 1. The third-order valence-corrected chi connectivity index (χ3v) is 3.01. The first-order valence-electron chi connectivity index (χ1n) is 6.96. The molecule has 0 radical (unpaired) electrons. The van der Waals surface area contributed by atoms with E-state index in [9.17, 15) is 4.79 Å². The number of hydrogen-bond acceptors (Lipinski definition) is 4. The fourth-order valence-electron chi connectivity index (χ4n) is 2.03. The maximum atomic E-state index is 12.7. The monoisotopic (exact) mass is 280 g/mol. The maximum absolute atomic E-state index is 12.7. The normalized spacial score (nSPS) is 10.7. The van der Waals surface area contributed by atoms with Gasteiger partial charge < -0.3 is 20.5 Å². The van der Waals surface area contributed by atoms with Crippen LogP contribution in [-0.2, 0) is 0 Å². The minimum atomic E-state index is -0.157. The van der Waals surface area contributed by atoms with E-state index >= 15 is 0 Å². The van der Waals surface area contributed by atoms with E-state index in [0.29, 0.717) is 36.6 Å². The largest absolute Gasteiger partial charge is 0.493 e. The van der Waals surface area contributed by atoms with Crippen molar-refractivity contribution in [2.45, 2.75) is 33.2 Å². The summed E-state index contributed by atoms with van der Waals surface area (Å²) in [6.07, 6.45) is 0.542. The van der Waals surface area contributed by atoms with Crippen molar-refractivity contribution in [1.82, 2.24) is 4.90 Å². The van der Waals surface area contributed by atoms with E-state index in [1.165, 1.54) is 0 Å². The van der Waals surface area contributed by atoms with Gasteiger partial charge in [-0.1, -0.05) is 6.07 Å². The Hall–Kier alpha value is -1.75. The molecule has 3 N–H and O–H groups in total. The van der Waals surface area contributed by atoms with Crippen LogP contribution in [0.25, 0.3) is 0 Å². The van der Waals surface area contributed by atoms with Crippen molar-refractivity contribution in [1.29, 1.82) is 0 Å². The molecule has 5 nitrogen and oxygen atoms in total. The van der Waals surface area contributed by atoms with E-state index in [0.717, 1.165) is 0 Å². The first kappa shape index (κ1) is 16.3. The molecule has 0 aliphatic rings. The molecule has 5 heteroatoms. The molecule has 1 rings (SSSR count). The van der Waals surface area contributed by atoms with Crippen molar-refractivity contribution in [2.75, 3.05) is 25.5 Å². The molecule has 0 saturated heterocycles. The van der Waals surface area contributed by atoms with E-state index in [4.69, 9.17) is 15.6 Å². The summed E-state index contributed by atoms with van der Waals surface area (Å²) >= 11 is 0. The van der Waals surface area contributed by atoms with Gasteiger partial charge in [-0.2, -0.15) is 0 Å². The number of hydrogen-bond donors (Lipinski definition) is 2. The molecule has 0 aromatic heterocycles. The number of carbonyl (C=O) groups is 1. The number of ether oxygens (including phenoxy) is 1. The molecule has 20 heavy (non-hydrogen) atoms. The van der Waals surface area contributed by atoms with Crippen molar-refractivity contribution in [3.05, 3.63) is 23.8 Å². The van der Waals surface area contributed by atoms with Gasteiger partial charge in [-0.05, 0) is 39.3 Å². The van der Waals surface area contributed by atoms with E-state index in [1.54, 1.807) is 23.1 Å². The molecule has 0 aliphatic carbocycles. The lowest BCUT2D eigenvalue weighted by Gasteiger charge is -2.28. The predicted molar refractivity (Wildman–Crippen MR) is 79.9 cm³/mol. The Balaban J connectivity index is 3.10. The third-order valence-electron chi connectivity index (χ3n) is 3.01. The lowest BCUT2D eigenvalue weighted by molar-refractivity contribution is 0.0690. The molecule has 0 heterocycles. The van der Waals surface area contributed by atoms with E-state index in [2.05, 4.69) is 0 Å². The Morgan fingerprint density at radius 2 is 2.15 bits per heavy atom. The van der Waals surface area contributed by atoms with Crippen LogP contribution in [0.15, 0.2) is 18.2 Å². The zero-order chi connectivity index (χ0) is 15.1. The van der Waals surface area contributed by atoms with Gasteiger partial charge in [0.1, 0.15) is 11.3 Å². The first-order valence-corrected chi connectivity index (χ1v) is 6.96. The van der Waals surface area contributed by atoms with Crippen LogP contribution in [0.3, 0.4) is 0 Å². The van der Waals surface area contributed by atoms with Crippen molar-refractivity contribution in [2.24, 2.45) is 0 Å². The van der Waals surface area contributed by atoms with Crippen molar-refractivity contribution >= 4 is 11.6 Å². The number of nitrogens with zero attached hydrogens (tertiary/aromatic N) is 1. The van der Waals surface area contributed by atoms with Crippen LogP contribution >= 0.6 is 0 Å². The second-order valence-electron chi connectivity index (χ2n) is 4.82. The molecule has 1 amide bonds. The molecule has 112 valence electrons. The van der Waals surface area contributed by atoms with Gasteiger partial charge in [-0.25, -0.2) is 0 Å². The zero-order valence-corrected chi connectivity index (χ0v) is 12.4. The molecule has 1 aromatic carbocycles. The standard InChI is InChI=1S/C15H24N2O3/c1-4-20-13-8-5-7-12(16)14(13)15(19)17(11(2)3)9-6-10-18/h5,7-8,11,18H,4,6,9-10,16H2,1-3H3. The summed E-state index contributed by atoms with van der Waals surface area (Å²) in [5.41, 5.74) is 6.76. The van der Waals surface area contributed by atoms with Crippen LogP contribution in [0.4, 0.5) is 5.69 Å². The molecular weight excluding hydrogens is 256 g/mol. The van der Waals surface area contributed by atoms with Gasteiger partial charge in [-0.3, -0.25) is 4.79 Å². The summed E-state index contributed by atoms with van der Waals surface area (Å²) in [4.78, 5) is 14.4. The molecule has 0 atom stereocenters. The molecule has 0 spiro atoms. The van der Waals surface area contributed by atoms with E-state index in [-0.39, 0.29) is 18.6 Å². The fourth-order valence-corrected chi connectivity index (χ4v) is 2.03. The predicted octanol–water partition coefficient (Wildman–Crippen LogP) is 1.90. The number of anilines is 1. The Bertz CT molecular complexity index is 447. The Morgan fingerprint density at radius 3 is 2.70 bits per heavy atom. The number of aliphatic hydroxyl groups excluding tert-OH is 1. The summed E-state index contributed by atoms with van der Waals surface area (Å²) in [6, 6.07) is 5.24. The van der Waals surface area contributed by atoms with Gasteiger partial charge in [-0.15, -0.1) is 0 Å². The first-order chi connectivity index (χ1) is 9.52. The summed E-state index contributed by atoms with van der Waals surface area (Å²) in [6.45, 7) is 6.76. The second kappa shape index (κ2) is 7.75. The summed E-state index contributed by atoms with van der Waals surface area (Å²) < 4.78 is 5.50. The van der Waals surface area contributed by atoms with Crippen molar-refractivity contribution in [3.63, 3.8) is 0 Å². The summed E-state index contributed by atoms with van der Waals surface area (Å²) in [5.74, 6) is 0.349. The van der Waals surface area contributed by atoms with Gasteiger partial charge in [0.25, 0.3) is 5.91 Å². The Kier molecular flexibility index (Phi) is 6.31. The lowest BCUT2D eigenvalue weighted by atomic mass is 10.1. The van der Waals surface area contributed by atoms with Crippen LogP contribution in [0.5, 0.6) is 5.75 Å². The molecular formula is C15H24N2O3. The third kappa shape index (κ3) is 3.87.